The number of nitrogens with one attached hydrogen (secondary N) is 2. The molecule has 3 aromatic rings. The van der Waals surface area contributed by atoms with Crippen LogP contribution in [0.25, 0.3) is 0 Å². The number of ether oxygens (including phenoxy) is 2. The summed E-state index contributed by atoms with van der Waals surface area (Å²) in [5, 5.41) is 5.54. The fourth-order valence-corrected chi connectivity index (χ4v) is 5.03. The Morgan fingerprint density at radius 2 is 1.67 bits per heavy atom. The molecule has 9 nitrogen and oxygen atoms in total. The first-order chi connectivity index (χ1) is 20.3. The molecule has 0 saturated heterocycles. The predicted octanol–water partition coefficient (Wildman–Crippen LogP) is 6.84. The van der Waals surface area contributed by atoms with E-state index in [0.717, 1.165) is 5.56 Å². The summed E-state index contributed by atoms with van der Waals surface area (Å²) < 4.78 is 11.1. The molecule has 0 radical (unpaired) electrons. The van der Waals surface area contributed by atoms with Crippen LogP contribution in [0, 0.1) is 6.92 Å². The van der Waals surface area contributed by atoms with E-state index in [-0.39, 0.29) is 22.4 Å². The Balaban J connectivity index is 1.49. The van der Waals surface area contributed by atoms with Crippen molar-refractivity contribution in [3.63, 3.8) is 0 Å². The number of hydrogen-bond donors (Lipinski definition) is 2. The quantitative estimate of drug-likeness (QED) is 0.297. The Hall–Kier alpha value is -4.37. The molecule has 43 heavy (non-hydrogen) atoms. The fraction of sp³-hybridized carbons (Fsp3) is 0.333. The molecule has 1 unspecified atom stereocenters. The minimum atomic E-state index is -0.938. The minimum absolute atomic E-state index is 0.194. The number of halogens is 1. The number of amides is 3. The number of nitrogens with zero attached hydrogens (tertiary/aromatic N) is 1. The van der Waals surface area contributed by atoms with Gasteiger partial charge < -0.3 is 25.0 Å². The molecule has 2 atom stereocenters. The van der Waals surface area contributed by atoms with E-state index in [1.54, 1.807) is 62.1 Å². The van der Waals surface area contributed by atoms with Crippen LogP contribution in [0.4, 0.5) is 16.2 Å². The van der Waals surface area contributed by atoms with E-state index in [9.17, 15) is 19.2 Å². The highest BCUT2D eigenvalue weighted by molar-refractivity contribution is 6.35. The molecule has 0 aromatic heterocycles. The van der Waals surface area contributed by atoms with Crippen molar-refractivity contribution < 1.29 is 28.7 Å². The molecule has 0 saturated carbocycles. The van der Waals surface area contributed by atoms with Crippen LogP contribution >= 0.6 is 11.6 Å². The number of hydrogen-bond acceptors (Lipinski definition) is 6. The van der Waals surface area contributed by atoms with Crippen molar-refractivity contribution in [3.8, 4) is 0 Å². The molecule has 0 aliphatic carbocycles. The average molecular weight is 606 g/mol. The molecule has 2 N–H and O–H groups in total. The van der Waals surface area contributed by atoms with Crippen molar-refractivity contribution in [3.05, 3.63) is 94.0 Å². The third kappa shape index (κ3) is 7.93. The van der Waals surface area contributed by atoms with E-state index in [4.69, 9.17) is 21.1 Å². The predicted molar refractivity (Wildman–Crippen MR) is 166 cm³/mol. The first-order valence-electron chi connectivity index (χ1n) is 14.1. The molecule has 0 fully saturated rings. The summed E-state index contributed by atoms with van der Waals surface area (Å²) in [5.74, 6) is -1.20. The highest BCUT2D eigenvalue weighted by atomic mass is 35.5. The van der Waals surface area contributed by atoms with Crippen LogP contribution < -0.4 is 15.5 Å². The summed E-state index contributed by atoms with van der Waals surface area (Å²) in [6, 6.07) is 18.3. The van der Waals surface area contributed by atoms with Gasteiger partial charge in [0.2, 0.25) is 0 Å². The van der Waals surface area contributed by atoms with Gasteiger partial charge in [0.05, 0.1) is 16.3 Å². The van der Waals surface area contributed by atoms with Crippen molar-refractivity contribution in [2.24, 2.45) is 0 Å². The third-order valence-corrected chi connectivity index (χ3v) is 7.17. The smallest absolute Gasteiger partial charge is 0.408 e. The summed E-state index contributed by atoms with van der Waals surface area (Å²) in [5.41, 5.74) is 2.69. The highest BCUT2D eigenvalue weighted by Crippen LogP contribution is 2.37. The summed E-state index contributed by atoms with van der Waals surface area (Å²) >= 11 is 6.57. The number of carbonyl (C=O) groups is 4. The van der Waals surface area contributed by atoms with Crippen LogP contribution in [-0.2, 0) is 14.3 Å². The van der Waals surface area contributed by atoms with Gasteiger partial charge >= 0.3 is 12.1 Å². The summed E-state index contributed by atoms with van der Waals surface area (Å²) in [6.07, 6.45) is -0.316. The van der Waals surface area contributed by atoms with Gasteiger partial charge in [-0.05, 0) is 83.4 Å². The van der Waals surface area contributed by atoms with E-state index in [1.165, 1.54) is 6.92 Å². The lowest BCUT2D eigenvalue weighted by Crippen LogP contribution is -2.42. The zero-order chi connectivity index (χ0) is 31.3. The van der Waals surface area contributed by atoms with Crippen LogP contribution in [0.3, 0.4) is 0 Å². The van der Waals surface area contributed by atoms with Gasteiger partial charge in [0.1, 0.15) is 17.7 Å². The van der Waals surface area contributed by atoms with E-state index in [0.29, 0.717) is 41.9 Å². The third-order valence-electron chi connectivity index (χ3n) is 6.86. The molecule has 0 spiro atoms. The standard InChI is InChI=1S/C33H36ClN3O6/c1-20-11-6-7-12-23(20)29(38)36-22-16-17-24(26(34)19-22)30(39)37-18-10-15-28(25-13-8-9-14-27(25)37)42-31(40)21(2)35-32(41)43-33(3,4)5/h6-9,11-14,16-17,19,21,28H,10,15,18H2,1-5H3,(H,35,41)(H,36,38)/t21-,28?/m0/s1. The molecular formula is C33H36ClN3O6. The lowest BCUT2D eigenvalue weighted by molar-refractivity contribution is -0.151. The molecule has 3 aromatic carbocycles. The van der Waals surface area contributed by atoms with Gasteiger partial charge in [-0.15, -0.1) is 0 Å². The second-order valence-electron chi connectivity index (χ2n) is 11.4. The Labute approximate surface area is 256 Å². The monoisotopic (exact) mass is 605 g/mol. The molecule has 1 heterocycles. The van der Waals surface area contributed by atoms with Gasteiger partial charge in [0, 0.05) is 23.4 Å². The van der Waals surface area contributed by atoms with Crippen molar-refractivity contribution in [2.75, 3.05) is 16.8 Å². The molecule has 0 bridgehead atoms. The number of anilines is 2. The van der Waals surface area contributed by atoms with Crippen molar-refractivity contribution in [2.45, 2.75) is 65.2 Å². The van der Waals surface area contributed by atoms with Crippen molar-refractivity contribution in [1.82, 2.24) is 5.32 Å². The normalized spacial score (nSPS) is 15.4. The molecule has 1 aliphatic rings. The Morgan fingerprint density at radius 1 is 0.977 bits per heavy atom. The van der Waals surface area contributed by atoms with E-state index < -0.39 is 29.8 Å². The molecule has 4 rings (SSSR count). The number of para-hydroxylation sites is 1. The summed E-state index contributed by atoms with van der Waals surface area (Å²) in [6.45, 7) is 8.96. The first-order valence-corrected chi connectivity index (χ1v) is 14.5. The molecule has 226 valence electrons. The number of carbonyl (C=O) groups excluding carboxylic acids is 4. The second kappa shape index (κ2) is 13.3. The highest BCUT2D eigenvalue weighted by Gasteiger charge is 2.31. The van der Waals surface area contributed by atoms with E-state index >= 15 is 0 Å². The Bertz CT molecular complexity index is 1530. The SMILES string of the molecule is Cc1ccccc1C(=O)Nc1ccc(C(=O)N2CCCC(OC(=O)[C@H](C)NC(=O)OC(C)(C)C)c3ccccc32)c(Cl)c1. The maximum absolute atomic E-state index is 13.8. The van der Waals surface area contributed by atoms with Gasteiger partial charge in [-0.2, -0.15) is 0 Å². The van der Waals surface area contributed by atoms with Crippen LogP contribution in [-0.4, -0.2) is 42.1 Å². The van der Waals surface area contributed by atoms with Gasteiger partial charge in [0.25, 0.3) is 11.8 Å². The number of esters is 1. The molecular weight excluding hydrogens is 570 g/mol. The maximum atomic E-state index is 13.8. The van der Waals surface area contributed by atoms with Crippen LogP contribution in [0.1, 0.15) is 78.5 Å². The van der Waals surface area contributed by atoms with Crippen LogP contribution in [0.2, 0.25) is 5.02 Å². The minimum Gasteiger partial charge on any atom is -0.456 e. The lowest BCUT2D eigenvalue weighted by atomic mass is 10.0. The lowest BCUT2D eigenvalue weighted by Gasteiger charge is -2.25. The summed E-state index contributed by atoms with van der Waals surface area (Å²) in [4.78, 5) is 53.2. The fourth-order valence-electron chi connectivity index (χ4n) is 4.77. The number of alkyl carbamates (subject to hydrolysis) is 1. The van der Waals surface area contributed by atoms with Gasteiger partial charge in [-0.25, -0.2) is 9.59 Å². The van der Waals surface area contributed by atoms with Gasteiger partial charge in [-0.1, -0.05) is 48.0 Å². The second-order valence-corrected chi connectivity index (χ2v) is 11.8. The number of rotatable bonds is 6. The van der Waals surface area contributed by atoms with E-state index in [1.807, 2.05) is 37.3 Å². The van der Waals surface area contributed by atoms with Crippen LogP contribution in [0.15, 0.2) is 66.7 Å². The first kappa shape index (κ1) is 31.6. The zero-order valence-electron chi connectivity index (χ0n) is 24.9. The van der Waals surface area contributed by atoms with E-state index in [2.05, 4.69) is 10.6 Å². The largest absolute Gasteiger partial charge is 0.456 e. The number of benzene rings is 3. The number of fused-ring (bicyclic) bond motifs is 1. The van der Waals surface area contributed by atoms with Gasteiger partial charge in [-0.3, -0.25) is 9.59 Å². The molecule has 3 amide bonds. The molecule has 1 aliphatic heterocycles. The van der Waals surface area contributed by atoms with Gasteiger partial charge in [0.15, 0.2) is 0 Å². The van der Waals surface area contributed by atoms with Crippen molar-refractivity contribution >= 4 is 46.9 Å². The summed E-state index contributed by atoms with van der Waals surface area (Å²) in [7, 11) is 0. The molecule has 10 heteroatoms. The Morgan fingerprint density at radius 3 is 2.37 bits per heavy atom. The van der Waals surface area contributed by atoms with Crippen molar-refractivity contribution in [1.29, 1.82) is 0 Å². The number of aryl methyl sites for hydroxylation is 1. The maximum Gasteiger partial charge on any atom is 0.408 e. The zero-order valence-corrected chi connectivity index (χ0v) is 25.7. The topological polar surface area (TPSA) is 114 Å². The van der Waals surface area contributed by atoms with Crippen LogP contribution in [0.5, 0.6) is 0 Å². The Kier molecular flexibility index (Phi) is 9.76. The average Bonchev–Trinajstić information content (AvgIpc) is 3.11.